The molecule has 5 heteroatoms. The maximum Gasteiger partial charge on any atom is 0.191 e. The van der Waals surface area contributed by atoms with E-state index in [1.807, 2.05) is 7.05 Å². The number of nitrogens with one attached hydrogen (secondary N) is 2. The lowest BCUT2D eigenvalue weighted by molar-refractivity contribution is 0.0992. The molecule has 2 aliphatic heterocycles. The summed E-state index contributed by atoms with van der Waals surface area (Å²) >= 11 is 0. The second-order valence-corrected chi connectivity index (χ2v) is 7.38. The van der Waals surface area contributed by atoms with Gasteiger partial charge in [-0.25, -0.2) is 0 Å². The maximum atomic E-state index is 5.93. The van der Waals surface area contributed by atoms with Crippen molar-refractivity contribution in [2.75, 3.05) is 13.6 Å². The van der Waals surface area contributed by atoms with Gasteiger partial charge in [-0.2, -0.15) is 0 Å². The lowest BCUT2D eigenvalue weighted by atomic mass is 9.92. The second-order valence-electron chi connectivity index (χ2n) is 7.38. The third kappa shape index (κ3) is 3.43. The first kappa shape index (κ1) is 18.0. The summed E-state index contributed by atoms with van der Waals surface area (Å²) in [6.45, 7) is 3.17. The van der Waals surface area contributed by atoms with Crippen LogP contribution in [0.5, 0.6) is 0 Å². The minimum absolute atomic E-state index is 0. The highest BCUT2D eigenvalue weighted by Gasteiger charge is 2.45. The van der Waals surface area contributed by atoms with E-state index in [2.05, 4.69) is 46.8 Å². The monoisotopic (exact) mass is 441 g/mol. The molecule has 0 spiro atoms. The number of nitrogens with zero attached hydrogens (tertiary/aromatic N) is 1. The Morgan fingerprint density at radius 3 is 2.67 bits per heavy atom. The van der Waals surface area contributed by atoms with Gasteiger partial charge in [0, 0.05) is 19.0 Å². The zero-order chi connectivity index (χ0) is 15.9. The van der Waals surface area contributed by atoms with Crippen LogP contribution < -0.4 is 10.6 Å². The van der Waals surface area contributed by atoms with Crippen LogP contribution in [0.3, 0.4) is 0 Å². The Morgan fingerprint density at radius 2 is 2.08 bits per heavy atom. The number of halogens is 1. The SMILES string of the molecule is CN=C(NCC1(c2ccccc2C)CC1)NC1CC2CCC1O2.I. The van der Waals surface area contributed by atoms with Crippen molar-refractivity contribution in [3.63, 3.8) is 0 Å². The first-order valence-corrected chi connectivity index (χ1v) is 8.89. The van der Waals surface area contributed by atoms with Crippen LogP contribution in [0.2, 0.25) is 0 Å². The van der Waals surface area contributed by atoms with Gasteiger partial charge >= 0.3 is 0 Å². The number of guanidine groups is 1. The molecule has 3 atom stereocenters. The third-order valence-corrected chi connectivity index (χ3v) is 5.82. The molecule has 132 valence electrons. The van der Waals surface area contributed by atoms with Gasteiger partial charge in [0.2, 0.25) is 0 Å². The Hall–Kier alpha value is -0.820. The van der Waals surface area contributed by atoms with Crippen molar-refractivity contribution >= 4 is 29.9 Å². The molecule has 24 heavy (non-hydrogen) atoms. The zero-order valence-electron chi connectivity index (χ0n) is 14.5. The number of aryl methyl sites for hydroxylation is 1. The van der Waals surface area contributed by atoms with Gasteiger partial charge in [0.1, 0.15) is 0 Å². The molecule has 0 aromatic heterocycles. The van der Waals surface area contributed by atoms with Crippen LogP contribution >= 0.6 is 24.0 Å². The van der Waals surface area contributed by atoms with Gasteiger partial charge in [-0.05, 0) is 50.2 Å². The van der Waals surface area contributed by atoms with Crippen LogP contribution in [-0.2, 0) is 10.2 Å². The first-order chi connectivity index (χ1) is 11.2. The van der Waals surface area contributed by atoms with E-state index in [1.165, 1.54) is 36.8 Å². The second kappa shape index (κ2) is 7.20. The predicted molar refractivity (Wildman–Crippen MR) is 108 cm³/mol. The number of fused-ring (bicyclic) bond motifs is 2. The van der Waals surface area contributed by atoms with Crippen molar-refractivity contribution in [2.45, 2.75) is 62.7 Å². The molecule has 2 saturated heterocycles. The molecule has 4 rings (SSSR count). The van der Waals surface area contributed by atoms with Gasteiger partial charge in [-0.1, -0.05) is 24.3 Å². The summed E-state index contributed by atoms with van der Waals surface area (Å²) in [5.41, 5.74) is 3.19. The molecule has 2 N–H and O–H groups in total. The number of benzene rings is 1. The molecular weight excluding hydrogens is 413 g/mol. The molecule has 1 aromatic carbocycles. The quantitative estimate of drug-likeness (QED) is 0.429. The molecule has 0 radical (unpaired) electrons. The Kier molecular flexibility index (Phi) is 5.39. The molecule has 1 aromatic rings. The molecule has 2 heterocycles. The molecular formula is C19H28IN3O. The standard InChI is InChI=1S/C19H27N3O.HI/c1-13-5-3-4-6-15(13)19(9-10-19)12-21-18(20-2)22-16-11-14-7-8-17(16)23-14;/h3-6,14,16-17H,7-12H2,1-2H3,(H2,20,21,22);1H. The van der Waals surface area contributed by atoms with E-state index in [-0.39, 0.29) is 24.0 Å². The van der Waals surface area contributed by atoms with E-state index in [1.54, 1.807) is 0 Å². The van der Waals surface area contributed by atoms with Crippen LogP contribution in [-0.4, -0.2) is 37.8 Å². The molecule has 1 saturated carbocycles. The molecule has 3 fully saturated rings. The largest absolute Gasteiger partial charge is 0.373 e. The Labute approximate surface area is 161 Å². The van der Waals surface area contributed by atoms with Crippen molar-refractivity contribution in [3.8, 4) is 0 Å². The van der Waals surface area contributed by atoms with Gasteiger partial charge < -0.3 is 15.4 Å². The summed E-state index contributed by atoms with van der Waals surface area (Å²) in [4.78, 5) is 4.42. The summed E-state index contributed by atoms with van der Waals surface area (Å²) in [5, 5.41) is 7.14. The maximum absolute atomic E-state index is 5.93. The predicted octanol–water partition coefficient (Wildman–Crippen LogP) is 3.13. The fourth-order valence-corrected chi connectivity index (χ4v) is 4.27. The first-order valence-electron chi connectivity index (χ1n) is 8.89. The van der Waals surface area contributed by atoms with Crippen LogP contribution in [0.1, 0.15) is 43.2 Å². The van der Waals surface area contributed by atoms with Crippen LogP contribution in [0, 0.1) is 6.92 Å². The highest BCUT2D eigenvalue weighted by atomic mass is 127. The minimum atomic E-state index is 0. The number of rotatable bonds is 4. The summed E-state index contributed by atoms with van der Waals surface area (Å²) in [6.07, 6.45) is 6.91. The molecule has 2 bridgehead atoms. The van der Waals surface area contributed by atoms with E-state index in [0.717, 1.165) is 18.9 Å². The normalized spacial score (nSPS) is 29.9. The number of hydrogen-bond acceptors (Lipinski definition) is 2. The zero-order valence-corrected chi connectivity index (χ0v) is 16.9. The summed E-state index contributed by atoms with van der Waals surface area (Å²) < 4.78 is 5.93. The molecule has 0 amide bonds. The minimum Gasteiger partial charge on any atom is -0.373 e. The topological polar surface area (TPSA) is 45.7 Å². The van der Waals surface area contributed by atoms with Crippen LogP contribution in [0.4, 0.5) is 0 Å². The summed E-state index contributed by atoms with van der Waals surface area (Å²) in [5.74, 6) is 0.922. The highest BCUT2D eigenvalue weighted by molar-refractivity contribution is 14.0. The fraction of sp³-hybridized carbons (Fsp3) is 0.632. The average molecular weight is 441 g/mol. The van der Waals surface area contributed by atoms with Gasteiger partial charge in [-0.15, -0.1) is 24.0 Å². The van der Waals surface area contributed by atoms with Crippen LogP contribution in [0.15, 0.2) is 29.3 Å². The van der Waals surface area contributed by atoms with E-state index in [9.17, 15) is 0 Å². The summed E-state index contributed by atoms with van der Waals surface area (Å²) in [7, 11) is 1.86. The van der Waals surface area contributed by atoms with Crippen molar-refractivity contribution in [1.29, 1.82) is 0 Å². The number of hydrogen-bond donors (Lipinski definition) is 2. The average Bonchev–Trinajstić information content (AvgIpc) is 3.05. The van der Waals surface area contributed by atoms with Crippen molar-refractivity contribution in [2.24, 2.45) is 4.99 Å². The Morgan fingerprint density at radius 1 is 1.29 bits per heavy atom. The number of ether oxygens (including phenoxy) is 1. The Bertz CT molecular complexity index is 614. The van der Waals surface area contributed by atoms with Gasteiger partial charge in [-0.3, -0.25) is 4.99 Å². The molecule has 3 aliphatic rings. The highest BCUT2D eigenvalue weighted by Crippen LogP contribution is 2.48. The lowest BCUT2D eigenvalue weighted by Gasteiger charge is -2.25. The fourth-order valence-electron chi connectivity index (χ4n) is 4.27. The lowest BCUT2D eigenvalue weighted by Crippen LogP contribution is -2.49. The molecule has 3 unspecified atom stereocenters. The number of aliphatic imine (C=N–C) groups is 1. The van der Waals surface area contributed by atoms with Crippen LogP contribution in [0.25, 0.3) is 0 Å². The Balaban J connectivity index is 0.00000169. The van der Waals surface area contributed by atoms with Crippen molar-refractivity contribution in [1.82, 2.24) is 10.6 Å². The van der Waals surface area contributed by atoms with Crippen molar-refractivity contribution < 1.29 is 4.74 Å². The van der Waals surface area contributed by atoms with Gasteiger partial charge in [0.25, 0.3) is 0 Å². The van der Waals surface area contributed by atoms with Gasteiger partial charge in [0.15, 0.2) is 5.96 Å². The van der Waals surface area contributed by atoms with Crippen molar-refractivity contribution in [3.05, 3.63) is 35.4 Å². The summed E-state index contributed by atoms with van der Waals surface area (Å²) in [6, 6.07) is 9.20. The smallest absolute Gasteiger partial charge is 0.191 e. The molecule has 1 aliphatic carbocycles. The van der Waals surface area contributed by atoms with E-state index in [0.29, 0.717) is 23.7 Å². The third-order valence-electron chi connectivity index (χ3n) is 5.82. The van der Waals surface area contributed by atoms with Gasteiger partial charge in [0.05, 0.1) is 18.2 Å². The van der Waals surface area contributed by atoms with E-state index < -0.39 is 0 Å². The van der Waals surface area contributed by atoms with E-state index >= 15 is 0 Å². The van der Waals surface area contributed by atoms with E-state index in [4.69, 9.17) is 4.74 Å². The molecule has 4 nitrogen and oxygen atoms in total.